The normalized spacial score (nSPS) is 12.2. The van der Waals surface area contributed by atoms with Gasteiger partial charge in [0.2, 0.25) is 0 Å². The first-order valence-corrected chi connectivity index (χ1v) is 6.95. The fourth-order valence-corrected chi connectivity index (χ4v) is 2.47. The van der Waals surface area contributed by atoms with Crippen LogP contribution in [0.4, 0.5) is 8.78 Å². The van der Waals surface area contributed by atoms with Gasteiger partial charge in [0.15, 0.2) is 0 Å². The summed E-state index contributed by atoms with van der Waals surface area (Å²) in [6.07, 6.45) is 0. The summed E-state index contributed by atoms with van der Waals surface area (Å²) in [4.78, 5) is 0. The summed E-state index contributed by atoms with van der Waals surface area (Å²) in [7, 11) is 0. The van der Waals surface area contributed by atoms with E-state index >= 15 is 0 Å². The molecule has 0 aliphatic heterocycles. The second-order valence-electron chi connectivity index (χ2n) is 4.24. The van der Waals surface area contributed by atoms with Crippen molar-refractivity contribution in [2.24, 2.45) is 5.73 Å². The number of ether oxygens (including phenoxy) is 1. The van der Waals surface area contributed by atoms with Crippen molar-refractivity contribution in [2.45, 2.75) is 13.0 Å². The molecule has 0 aliphatic rings. The van der Waals surface area contributed by atoms with Crippen LogP contribution in [0.5, 0.6) is 5.75 Å². The topological polar surface area (TPSA) is 35.2 Å². The molecule has 2 rings (SSSR count). The predicted molar refractivity (Wildman–Crippen MR) is 77.7 cm³/mol. The lowest BCUT2D eigenvalue weighted by Crippen LogP contribution is -2.15. The number of nitrogens with two attached hydrogens (primary N) is 1. The Bertz CT molecular complexity index is 599. The standard InChI is InChI=1S/C15H14BrF2NO/c1-2-20-13-7-6-9(8-10(13)16)15(19)14-11(17)4-3-5-12(14)18/h3-8,15H,2,19H2,1H3. The van der Waals surface area contributed by atoms with Gasteiger partial charge in [-0.25, -0.2) is 8.78 Å². The molecule has 0 fully saturated rings. The molecule has 0 aromatic heterocycles. The van der Waals surface area contributed by atoms with Gasteiger partial charge in [0.25, 0.3) is 0 Å². The highest BCUT2D eigenvalue weighted by molar-refractivity contribution is 9.10. The smallest absolute Gasteiger partial charge is 0.133 e. The molecule has 0 radical (unpaired) electrons. The first kappa shape index (κ1) is 14.9. The Balaban J connectivity index is 2.39. The third kappa shape index (κ3) is 2.99. The van der Waals surface area contributed by atoms with Crippen LogP contribution in [-0.2, 0) is 0 Å². The largest absolute Gasteiger partial charge is 0.493 e. The van der Waals surface area contributed by atoms with E-state index in [9.17, 15) is 8.78 Å². The molecule has 0 spiro atoms. The van der Waals surface area contributed by atoms with E-state index in [2.05, 4.69) is 15.9 Å². The Hall–Kier alpha value is -1.46. The molecule has 0 saturated heterocycles. The molecule has 0 amide bonds. The maximum Gasteiger partial charge on any atom is 0.133 e. The third-order valence-corrected chi connectivity index (χ3v) is 3.55. The zero-order chi connectivity index (χ0) is 14.7. The molecule has 0 aliphatic carbocycles. The van der Waals surface area contributed by atoms with E-state index in [1.54, 1.807) is 18.2 Å². The van der Waals surface area contributed by atoms with Crippen LogP contribution in [0.1, 0.15) is 24.1 Å². The van der Waals surface area contributed by atoms with Gasteiger partial charge < -0.3 is 10.5 Å². The van der Waals surface area contributed by atoms with Gasteiger partial charge in [-0.3, -0.25) is 0 Å². The van der Waals surface area contributed by atoms with Crippen molar-refractivity contribution in [3.63, 3.8) is 0 Å². The van der Waals surface area contributed by atoms with E-state index in [4.69, 9.17) is 10.5 Å². The van der Waals surface area contributed by atoms with Crippen molar-refractivity contribution in [1.29, 1.82) is 0 Å². The average Bonchev–Trinajstić information content (AvgIpc) is 2.41. The Morgan fingerprint density at radius 2 is 1.85 bits per heavy atom. The summed E-state index contributed by atoms with van der Waals surface area (Å²) >= 11 is 3.36. The number of hydrogen-bond acceptors (Lipinski definition) is 2. The van der Waals surface area contributed by atoms with Gasteiger partial charge in [0.05, 0.1) is 17.1 Å². The summed E-state index contributed by atoms with van der Waals surface area (Å²) in [5, 5.41) is 0. The van der Waals surface area contributed by atoms with Crippen molar-refractivity contribution in [3.05, 3.63) is 63.6 Å². The lowest BCUT2D eigenvalue weighted by atomic mass is 9.98. The first-order chi connectivity index (χ1) is 9.54. The fourth-order valence-electron chi connectivity index (χ4n) is 1.96. The average molecular weight is 342 g/mol. The molecule has 1 unspecified atom stereocenters. The van der Waals surface area contributed by atoms with Gasteiger partial charge in [0, 0.05) is 5.56 Å². The Labute approximate surface area is 124 Å². The second kappa shape index (κ2) is 6.33. The molecule has 2 N–H and O–H groups in total. The number of rotatable bonds is 4. The van der Waals surface area contributed by atoms with Crippen LogP contribution in [0.2, 0.25) is 0 Å². The lowest BCUT2D eigenvalue weighted by molar-refractivity contribution is 0.338. The summed E-state index contributed by atoms with van der Waals surface area (Å²) in [6, 6.07) is 7.97. The summed E-state index contributed by atoms with van der Waals surface area (Å²) < 4.78 is 33.5. The molecule has 2 nitrogen and oxygen atoms in total. The van der Waals surface area contributed by atoms with Crippen molar-refractivity contribution in [3.8, 4) is 5.75 Å². The SMILES string of the molecule is CCOc1ccc(C(N)c2c(F)cccc2F)cc1Br. The molecule has 2 aromatic carbocycles. The molecule has 0 bridgehead atoms. The lowest BCUT2D eigenvalue weighted by Gasteiger charge is -2.16. The summed E-state index contributed by atoms with van der Waals surface area (Å²) in [6.45, 7) is 2.41. The quantitative estimate of drug-likeness (QED) is 0.905. The van der Waals surface area contributed by atoms with E-state index in [1.807, 2.05) is 6.92 Å². The van der Waals surface area contributed by atoms with Crippen LogP contribution < -0.4 is 10.5 Å². The van der Waals surface area contributed by atoms with E-state index in [0.717, 1.165) is 0 Å². The van der Waals surface area contributed by atoms with Crippen LogP contribution in [0.15, 0.2) is 40.9 Å². The van der Waals surface area contributed by atoms with Gasteiger partial charge in [-0.1, -0.05) is 12.1 Å². The maximum absolute atomic E-state index is 13.7. The van der Waals surface area contributed by atoms with Crippen LogP contribution in [-0.4, -0.2) is 6.61 Å². The van der Waals surface area contributed by atoms with Crippen molar-refractivity contribution in [2.75, 3.05) is 6.61 Å². The predicted octanol–water partition coefficient (Wildman–Crippen LogP) is 4.17. The molecule has 2 aromatic rings. The minimum atomic E-state index is -0.872. The van der Waals surface area contributed by atoms with E-state index in [0.29, 0.717) is 22.4 Å². The molecule has 5 heteroatoms. The molecule has 0 heterocycles. The number of halogens is 3. The molecular weight excluding hydrogens is 328 g/mol. The first-order valence-electron chi connectivity index (χ1n) is 6.16. The zero-order valence-electron chi connectivity index (χ0n) is 10.9. The second-order valence-corrected chi connectivity index (χ2v) is 5.09. The molecule has 20 heavy (non-hydrogen) atoms. The molecule has 106 valence electrons. The highest BCUT2D eigenvalue weighted by Gasteiger charge is 2.19. The molecular formula is C15H14BrF2NO. The van der Waals surface area contributed by atoms with Crippen LogP contribution in [0, 0.1) is 11.6 Å². The van der Waals surface area contributed by atoms with Crippen LogP contribution in [0.3, 0.4) is 0 Å². The highest BCUT2D eigenvalue weighted by atomic mass is 79.9. The van der Waals surface area contributed by atoms with Gasteiger partial charge in [-0.05, 0) is 52.7 Å². The summed E-state index contributed by atoms with van der Waals surface area (Å²) in [5.41, 5.74) is 6.43. The Kier molecular flexibility index (Phi) is 4.73. The van der Waals surface area contributed by atoms with Crippen molar-refractivity contribution >= 4 is 15.9 Å². The van der Waals surface area contributed by atoms with Crippen molar-refractivity contribution in [1.82, 2.24) is 0 Å². The minimum Gasteiger partial charge on any atom is -0.493 e. The molecule has 1 atom stereocenters. The van der Waals surface area contributed by atoms with Gasteiger partial charge in [0.1, 0.15) is 17.4 Å². The summed E-state index contributed by atoms with van der Waals surface area (Å²) in [5.74, 6) is -0.637. The molecule has 0 saturated carbocycles. The number of benzene rings is 2. The van der Waals surface area contributed by atoms with Crippen molar-refractivity contribution < 1.29 is 13.5 Å². The van der Waals surface area contributed by atoms with Gasteiger partial charge >= 0.3 is 0 Å². The Morgan fingerprint density at radius 3 is 2.40 bits per heavy atom. The highest BCUT2D eigenvalue weighted by Crippen LogP contribution is 2.31. The van der Waals surface area contributed by atoms with Crippen LogP contribution >= 0.6 is 15.9 Å². The van der Waals surface area contributed by atoms with Crippen LogP contribution in [0.25, 0.3) is 0 Å². The van der Waals surface area contributed by atoms with E-state index in [1.165, 1.54) is 18.2 Å². The third-order valence-electron chi connectivity index (χ3n) is 2.93. The van der Waals surface area contributed by atoms with Gasteiger partial charge in [-0.2, -0.15) is 0 Å². The van der Waals surface area contributed by atoms with Gasteiger partial charge in [-0.15, -0.1) is 0 Å². The monoisotopic (exact) mass is 341 g/mol. The van der Waals surface area contributed by atoms with E-state index in [-0.39, 0.29) is 5.56 Å². The van der Waals surface area contributed by atoms with E-state index < -0.39 is 17.7 Å². The zero-order valence-corrected chi connectivity index (χ0v) is 12.5. The maximum atomic E-state index is 13.7. The minimum absolute atomic E-state index is 0.136. The fraction of sp³-hybridized carbons (Fsp3) is 0.200. The number of hydrogen-bond donors (Lipinski definition) is 1. The Morgan fingerprint density at radius 1 is 1.20 bits per heavy atom.